The zero-order valence-electron chi connectivity index (χ0n) is 10.5. The Morgan fingerprint density at radius 1 is 1.47 bits per heavy atom. The molecule has 1 atom stereocenters. The van der Waals surface area contributed by atoms with Gasteiger partial charge in [0.05, 0.1) is 25.6 Å². The highest BCUT2D eigenvalue weighted by Crippen LogP contribution is 2.20. The topological polar surface area (TPSA) is 66.8 Å². The lowest BCUT2D eigenvalue weighted by molar-refractivity contribution is -0.140. The summed E-state index contributed by atoms with van der Waals surface area (Å²) in [4.78, 5) is 24.2. The van der Waals surface area contributed by atoms with E-state index in [1.807, 2.05) is 13.8 Å². The molecular weight excluding hydrogens is 222 g/mol. The molecular formula is C12H21NO4. The molecule has 0 aromatic rings. The number of aliphatic carboxylic acids is 1. The zero-order valence-corrected chi connectivity index (χ0v) is 10.5. The molecule has 17 heavy (non-hydrogen) atoms. The number of carboxylic acid groups (broad SMARTS) is 1. The molecule has 0 aliphatic carbocycles. The molecule has 1 aliphatic heterocycles. The number of carboxylic acids is 1. The van der Waals surface area contributed by atoms with Crippen LogP contribution in [-0.2, 0) is 14.3 Å². The smallest absolute Gasteiger partial charge is 0.305 e. The van der Waals surface area contributed by atoms with E-state index in [2.05, 4.69) is 0 Å². The first-order chi connectivity index (χ1) is 8.00. The zero-order chi connectivity index (χ0) is 12.8. The van der Waals surface area contributed by atoms with Crippen molar-refractivity contribution in [2.75, 3.05) is 13.2 Å². The monoisotopic (exact) mass is 243 g/mol. The number of hydrogen-bond acceptors (Lipinski definition) is 3. The molecule has 5 heteroatoms. The van der Waals surface area contributed by atoms with Gasteiger partial charge in [0.2, 0.25) is 5.91 Å². The van der Waals surface area contributed by atoms with Crippen molar-refractivity contribution in [1.29, 1.82) is 0 Å². The van der Waals surface area contributed by atoms with Crippen LogP contribution in [0.25, 0.3) is 0 Å². The van der Waals surface area contributed by atoms with Gasteiger partial charge in [-0.25, -0.2) is 0 Å². The van der Waals surface area contributed by atoms with Gasteiger partial charge in [0.15, 0.2) is 0 Å². The lowest BCUT2D eigenvalue weighted by Gasteiger charge is -2.23. The van der Waals surface area contributed by atoms with Crippen LogP contribution in [0.5, 0.6) is 0 Å². The SMILES string of the molecule is CC(C)OCCC(=O)N1CCCC1CC(=O)O. The van der Waals surface area contributed by atoms with E-state index in [0.29, 0.717) is 19.6 Å². The molecule has 0 aromatic heterocycles. The molecule has 1 heterocycles. The minimum absolute atomic E-state index is 0.00870. The predicted octanol–water partition coefficient (Wildman–Crippen LogP) is 1.27. The first kappa shape index (κ1) is 14.0. The van der Waals surface area contributed by atoms with Crippen LogP contribution in [0.15, 0.2) is 0 Å². The van der Waals surface area contributed by atoms with Gasteiger partial charge in [0.1, 0.15) is 0 Å². The van der Waals surface area contributed by atoms with Crippen LogP contribution in [0.1, 0.15) is 39.5 Å². The lowest BCUT2D eigenvalue weighted by Crippen LogP contribution is -2.37. The Hall–Kier alpha value is -1.10. The van der Waals surface area contributed by atoms with E-state index in [0.717, 1.165) is 12.8 Å². The summed E-state index contributed by atoms with van der Waals surface area (Å²) in [6.07, 6.45) is 2.21. The molecule has 1 unspecified atom stereocenters. The van der Waals surface area contributed by atoms with Crippen molar-refractivity contribution in [1.82, 2.24) is 4.90 Å². The molecule has 5 nitrogen and oxygen atoms in total. The van der Waals surface area contributed by atoms with E-state index < -0.39 is 5.97 Å². The van der Waals surface area contributed by atoms with Crippen LogP contribution in [0, 0.1) is 0 Å². The summed E-state index contributed by atoms with van der Waals surface area (Å²) in [6.45, 7) is 4.94. The highest BCUT2D eigenvalue weighted by Gasteiger charge is 2.29. The van der Waals surface area contributed by atoms with Crippen LogP contribution in [-0.4, -0.2) is 47.2 Å². The van der Waals surface area contributed by atoms with E-state index in [9.17, 15) is 9.59 Å². The second-order valence-corrected chi connectivity index (χ2v) is 4.65. The molecule has 0 spiro atoms. The third kappa shape index (κ3) is 4.73. The standard InChI is InChI=1S/C12H21NO4/c1-9(2)17-7-5-11(14)13-6-3-4-10(13)8-12(15)16/h9-10H,3-8H2,1-2H3,(H,15,16). The molecule has 1 N–H and O–H groups in total. The summed E-state index contributed by atoms with van der Waals surface area (Å²) in [5.74, 6) is -0.831. The van der Waals surface area contributed by atoms with Gasteiger partial charge in [0, 0.05) is 12.6 Å². The average molecular weight is 243 g/mol. The van der Waals surface area contributed by atoms with E-state index in [4.69, 9.17) is 9.84 Å². The lowest BCUT2D eigenvalue weighted by atomic mass is 10.1. The van der Waals surface area contributed by atoms with Crippen LogP contribution in [0.2, 0.25) is 0 Å². The first-order valence-corrected chi connectivity index (χ1v) is 6.13. The van der Waals surface area contributed by atoms with Crippen LogP contribution >= 0.6 is 0 Å². The van der Waals surface area contributed by atoms with E-state index in [-0.39, 0.29) is 24.5 Å². The molecule has 0 bridgehead atoms. The highest BCUT2D eigenvalue weighted by atomic mass is 16.5. The molecule has 1 saturated heterocycles. The fourth-order valence-electron chi connectivity index (χ4n) is 2.10. The number of likely N-dealkylation sites (tertiary alicyclic amines) is 1. The fourth-order valence-corrected chi connectivity index (χ4v) is 2.10. The third-order valence-corrected chi connectivity index (χ3v) is 2.87. The number of nitrogens with zero attached hydrogens (tertiary/aromatic N) is 1. The molecule has 0 saturated carbocycles. The van der Waals surface area contributed by atoms with Crippen molar-refractivity contribution >= 4 is 11.9 Å². The summed E-state index contributed by atoms with van der Waals surface area (Å²) in [6, 6.07) is -0.126. The Kier molecular flexibility index (Phi) is 5.41. The quantitative estimate of drug-likeness (QED) is 0.762. The van der Waals surface area contributed by atoms with Crippen molar-refractivity contribution in [3.8, 4) is 0 Å². The molecule has 1 rings (SSSR count). The van der Waals surface area contributed by atoms with Crippen LogP contribution in [0.4, 0.5) is 0 Å². The first-order valence-electron chi connectivity index (χ1n) is 6.13. The maximum absolute atomic E-state index is 11.9. The summed E-state index contributed by atoms with van der Waals surface area (Å²) in [5, 5.41) is 8.76. The normalized spacial score (nSPS) is 19.9. The summed E-state index contributed by atoms with van der Waals surface area (Å²) in [5.41, 5.74) is 0. The highest BCUT2D eigenvalue weighted by molar-refractivity contribution is 5.78. The Morgan fingerprint density at radius 3 is 2.76 bits per heavy atom. The van der Waals surface area contributed by atoms with Gasteiger partial charge in [-0.05, 0) is 26.7 Å². The Morgan fingerprint density at radius 2 is 2.18 bits per heavy atom. The number of ether oxygens (including phenoxy) is 1. The van der Waals surface area contributed by atoms with E-state index >= 15 is 0 Å². The number of carbonyl (C=O) groups is 2. The van der Waals surface area contributed by atoms with Crippen LogP contribution < -0.4 is 0 Å². The Balaban J connectivity index is 2.36. The van der Waals surface area contributed by atoms with Crippen molar-refractivity contribution < 1.29 is 19.4 Å². The summed E-state index contributed by atoms with van der Waals surface area (Å²) >= 11 is 0. The number of carbonyl (C=O) groups excluding carboxylic acids is 1. The maximum Gasteiger partial charge on any atom is 0.305 e. The van der Waals surface area contributed by atoms with Gasteiger partial charge in [-0.1, -0.05) is 0 Å². The number of amides is 1. The molecule has 1 amide bonds. The minimum Gasteiger partial charge on any atom is -0.481 e. The average Bonchev–Trinajstić information content (AvgIpc) is 2.64. The largest absolute Gasteiger partial charge is 0.481 e. The Bertz CT molecular complexity index is 278. The summed E-state index contributed by atoms with van der Waals surface area (Å²) in [7, 11) is 0. The van der Waals surface area contributed by atoms with Crippen LogP contribution in [0.3, 0.4) is 0 Å². The van der Waals surface area contributed by atoms with Gasteiger partial charge < -0.3 is 14.7 Å². The van der Waals surface area contributed by atoms with Gasteiger partial charge in [0.25, 0.3) is 0 Å². The third-order valence-electron chi connectivity index (χ3n) is 2.87. The molecule has 1 fully saturated rings. The van der Waals surface area contributed by atoms with E-state index in [1.165, 1.54) is 0 Å². The second-order valence-electron chi connectivity index (χ2n) is 4.65. The predicted molar refractivity (Wildman–Crippen MR) is 62.7 cm³/mol. The maximum atomic E-state index is 11.9. The molecule has 0 radical (unpaired) electrons. The number of rotatable bonds is 6. The van der Waals surface area contributed by atoms with Gasteiger partial charge >= 0.3 is 5.97 Å². The molecule has 0 aromatic carbocycles. The molecule has 98 valence electrons. The van der Waals surface area contributed by atoms with Gasteiger partial charge in [-0.3, -0.25) is 9.59 Å². The van der Waals surface area contributed by atoms with Gasteiger partial charge in [-0.2, -0.15) is 0 Å². The Labute approximate surface area is 102 Å². The minimum atomic E-state index is -0.840. The van der Waals surface area contributed by atoms with Crippen molar-refractivity contribution in [2.24, 2.45) is 0 Å². The fraction of sp³-hybridized carbons (Fsp3) is 0.833. The van der Waals surface area contributed by atoms with E-state index in [1.54, 1.807) is 4.90 Å². The second kappa shape index (κ2) is 6.59. The van der Waals surface area contributed by atoms with Gasteiger partial charge in [-0.15, -0.1) is 0 Å². The summed E-state index contributed by atoms with van der Waals surface area (Å²) < 4.78 is 5.32. The number of hydrogen-bond donors (Lipinski definition) is 1. The molecule has 1 aliphatic rings. The van der Waals surface area contributed by atoms with Crippen molar-refractivity contribution in [2.45, 2.75) is 51.7 Å². The van der Waals surface area contributed by atoms with Crippen molar-refractivity contribution in [3.63, 3.8) is 0 Å². The van der Waals surface area contributed by atoms with Crippen molar-refractivity contribution in [3.05, 3.63) is 0 Å².